The Kier molecular flexibility index (Phi) is 3.93. The van der Waals surface area contributed by atoms with Crippen molar-refractivity contribution in [2.45, 2.75) is 32.2 Å². The highest BCUT2D eigenvalue weighted by Crippen LogP contribution is 2.30. The minimum atomic E-state index is -3.32. The fraction of sp³-hybridized carbons (Fsp3) is 0.294. The van der Waals surface area contributed by atoms with Crippen LogP contribution in [0.3, 0.4) is 0 Å². The van der Waals surface area contributed by atoms with Gasteiger partial charge in [-0.3, -0.25) is 0 Å². The lowest BCUT2D eigenvalue weighted by atomic mass is 10.2. The largest absolute Gasteiger partial charge is 0.309 e. The number of hydrogen-bond donors (Lipinski definition) is 0. The first-order valence-electron chi connectivity index (χ1n) is 7.63. The first-order valence-corrected chi connectivity index (χ1v) is 9.28. The minimum Gasteiger partial charge on any atom is -0.309 e. The van der Waals surface area contributed by atoms with Crippen LogP contribution in [-0.4, -0.2) is 28.7 Å². The second kappa shape index (κ2) is 5.77. The Morgan fingerprint density at radius 2 is 1.91 bits per heavy atom. The van der Waals surface area contributed by atoms with Crippen LogP contribution in [0, 0.1) is 6.92 Å². The van der Waals surface area contributed by atoms with Crippen LogP contribution in [0.2, 0.25) is 0 Å². The summed E-state index contributed by atoms with van der Waals surface area (Å²) in [6.45, 7) is 6.29. The summed E-state index contributed by atoms with van der Waals surface area (Å²) < 4.78 is 26.8. The van der Waals surface area contributed by atoms with E-state index in [-0.39, 0.29) is 5.75 Å². The summed E-state index contributed by atoms with van der Waals surface area (Å²) in [5, 5.41) is 0. The van der Waals surface area contributed by atoms with Crippen LogP contribution in [0.15, 0.2) is 41.4 Å². The Balaban J connectivity index is 2.34. The number of fused-ring (bicyclic) bond motifs is 1. The molecule has 23 heavy (non-hydrogen) atoms. The zero-order valence-electron chi connectivity index (χ0n) is 13.4. The molecule has 0 saturated carbocycles. The Bertz CT molecular complexity index is 975. The first kappa shape index (κ1) is 15.7. The summed E-state index contributed by atoms with van der Waals surface area (Å²) in [4.78, 5) is 9.44. The van der Waals surface area contributed by atoms with Crippen molar-refractivity contribution >= 4 is 21.0 Å². The monoisotopic (exact) mass is 329 g/mol. The van der Waals surface area contributed by atoms with E-state index < -0.39 is 9.84 Å². The van der Waals surface area contributed by atoms with E-state index in [1.807, 2.05) is 36.6 Å². The maximum Gasteiger partial charge on any atom is 0.178 e. The Labute approximate surface area is 135 Å². The molecule has 0 unspecified atom stereocenters. The van der Waals surface area contributed by atoms with E-state index in [9.17, 15) is 8.42 Å². The molecule has 5 nitrogen and oxygen atoms in total. The average Bonchev–Trinajstić information content (AvgIpc) is 2.92. The molecule has 0 atom stereocenters. The molecule has 1 aromatic carbocycles. The molecule has 0 spiro atoms. The third-order valence-corrected chi connectivity index (χ3v) is 5.67. The summed E-state index contributed by atoms with van der Waals surface area (Å²) in [7, 11) is -3.32. The number of nitrogens with zero attached hydrogens (tertiary/aromatic N) is 3. The van der Waals surface area contributed by atoms with E-state index in [2.05, 4.69) is 9.97 Å². The third kappa shape index (κ3) is 2.63. The van der Waals surface area contributed by atoms with Crippen LogP contribution < -0.4 is 0 Å². The van der Waals surface area contributed by atoms with Gasteiger partial charge < -0.3 is 4.57 Å². The molecule has 6 heteroatoms. The van der Waals surface area contributed by atoms with Gasteiger partial charge in [0.05, 0.1) is 10.6 Å². The zero-order valence-corrected chi connectivity index (χ0v) is 14.3. The predicted molar refractivity (Wildman–Crippen MR) is 91.1 cm³/mol. The normalized spacial score (nSPS) is 12.0. The van der Waals surface area contributed by atoms with E-state index in [1.165, 1.54) is 0 Å². The summed E-state index contributed by atoms with van der Waals surface area (Å²) in [5.74, 6) is 0.710. The van der Waals surface area contributed by atoms with Crippen LogP contribution in [0.5, 0.6) is 0 Å². The van der Waals surface area contributed by atoms with Crippen LogP contribution in [-0.2, 0) is 16.4 Å². The van der Waals surface area contributed by atoms with Gasteiger partial charge in [-0.25, -0.2) is 18.4 Å². The quantitative estimate of drug-likeness (QED) is 0.737. The van der Waals surface area contributed by atoms with Crippen LogP contribution in [0.1, 0.15) is 19.4 Å². The van der Waals surface area contributed by atoms with Gasteiger partial charge in [0, 0.05) is 18.3 Å². The Morgan fingerprint density at radius 1 is 1.17 bits per heavy atom. The molecule has 2 aromatic heterocycles. The predicted octanol–water partition coefficient (Wildman–Crippen LogP) is 3.22. The number of benzene rings is 1. The topological polar surface area (TPSA) is 64.8 Å². The number of sulfone groups is 1. The molecular weight excluding hydrogens is 310 g/mol. The zero-order chi connectivity index (χ0) is 16.6. The number of rotatable bonds is 4. The molecular formula is C17H19N3O2S. The van der Waals surface area contributed by atoms with E-state index >= 15 is 0 Å². The van der Waals surface area contributed by atoms with Crippen molar-refractivity contribution in [3.8, 4) is 11.4 Å². The smallest absolute Gasteiger partial charge is 0.178 e. The lowest BCUT2D eigenvalue weighted by molar-refractivity contribution is 0.597. The van der Waals surface area contributed by atoms with Crippen LogP contribution in [0.25, 0.3) is 22.6 Å². The molecule has 0 N–H and O–H groups in total. The molecule has 2 heterocycles. The lowest BCUT2D eigenvalue weighted by Gasteiger charge is -2.10. The van der Waals surface area contributed by atoms with Crippen molar-refractivity contribution in [2.24, 2.45) is 0 Å². The molecule has 0 saturated heterocycles. The van der Waals surface area contributed by atoms with Gasteiger partial charge in [-0.05, 0) is 37.6 Å². The van der Waals surface area contributed by atoms with Gasteiger partial charge in [0.2, 0.25) is 0 Å². The molecule has 0 aliphatic carbocycles. The molecule has 0 aliphatic heterocycles. The van der Waals surface area contributed by atoms with Gasteiger partial charge in [-0.1, -0.05) is 19.1 Å². The molecule has 0 radical (unpaired) electrons. The fourth-order valence-electron chi connectivity index (χ4n) is 2.69. The molecule has 0 aliphatic rings. The number of aryl methyl sites for hydroxylation is 2. The van der Waals surface area contributed by atoms with Crippen molar-refractivity contribution < 1.29 is 8.42 Å². The summed E-state index contributed by atoms with van der Waals surface area (Å²) in [6.07, 6.45) is 1.80. The molecule has 0 bridgehead atoms. The van der Waals surface area contributed by atoms with Crippen LogP contribution >= 0.6 is 0 Å². The molecule has 0 fully saturated rings. The maximum absolute atomic E-state index is 12.4. The Hall–Kier alpha value is -2.21. The van der Waals surface area contributed by atoms with Gasteiger partial charge in [0.1, 0.15) is 11.3 Å². The van der Waals surface area contributed by atoms with Crippen molar-refractivity contribution in [2.75, 3.05) is 5.75 Å². The fourth-order valence-corrected chi connectivity index (χ4v) is 3.79. The highest BCUT2D eigenvalue weighted by atomic mass is 32.2. The minimum absolute atomic E-state index is 0.0632. The van der Waals surface area contributed by atoms with Crippen LogP contribution in [0.4, 0.5) is 0 Å². The second-order valence-electron chi connectivity index (χ2n) is 5.43. The van der Waals surface area contributed by atoms with Gasteiger partial charge in [-0.15, -0.1) is 0 Å². The first-order chi connectivity index (χ1) is 11.0. The van der Waals surface area contributed by atoms with E-state index in [0.717, 1.165) is 16.7 Å². The third-order valence-electron chi connectivity index (χ3n) is 3.88. The number of hydrogen-bond acceptors (Lipinski definition) is 4. The lowest BCUT2D eigenvalue weighted by Crippen LogP contribution is -2.07. The standard InChI is InChI=1S/C17H19N3O2S/c1-4-20-16(19-14-10-12(3)11-18-17(14)20)13-8-6-7-9-15(13)23(21,22)5-2/h6-11H,4-5H2,1-3H3. The van der Waals surface area contributed by atoms with Gasteiger partial charge >= 0.3 is 0 Å². The molecule has 3 aromatic rings. The Morgan fingerprint density at radius 3 is 2.61 bits per heavy atom. The molecule has 3 rings (SSSR count). The summed E-state index contributed by atoms with van der Waals surface area (Å²) in [5.41, 5.74) is 3.22. The summed E-state index contributed by atoms with van der Waals surface area (Å²) >= 11 is 0. The summed E-state index contributed by atoms with van der Waals surface area (Å²) in [6, 6.07) is 9.00. The van der Waals surface area contributed by atoms with E-state index in [1.54, 1.807) is 25.3 Å². The maximum atomic E-state index is 12.4. The molecule has 120 valence electrons. The van der Waals surface area contributed by atoms with Gasteiger partial charge in [-0.2, -0.15) is 0 Å². The molecule has 0 amide bonds. The van der Waals surface area contributed by atoms with E-state index in [4.69, 9.17) is 0 Å². The number of imidazole rings is 1. The van der Waals surface area contributed by atoms with Gasteiger partial charge in [0.15, 0.2) is 15.5 Å². The number of aromatic nitrogens is 3. The SMILES string of the molecule is CCn1c(-c2ccccc2S(=O)(=O)CC)nc2cc(C)cnc21. The average molecular weight is 329 g/mol. The highest BCUT2D eigenvalue weighted by Gasteiger charge is 2.21. The number of pyridine rings is 1. The van der Waals surface area contributed by atoms with Crippen molar-refractivity contribution in [3.63, 3.8) is 0 Å². The van der Waals surface area contributed by atoms with Crippen molar-refractivity contribution in [3.05, 3.63) is 42.1 Å². The second-order valence-corrected chi connectivity index (χ2v) is 7.68. The van der Waals surface area contributed by atoms with Crippen molar-refractivity contribution in [1.29, 1.82) is 0 Å². The van der Waals surface area contributed by atoms with Crippen molar-refractivity contribution in [1.82, 2.24) is 14.5 Å². The highest BCUT2D eigenvalue weighted by molar-refractivity contribution is 7.91. The van der Waals surface area contributed by atoms with Gasteiger partial charge in [0.25, 0.3) is 0 Å². The van der Waals surface area contributed by atoms with E-state index in [0.29, 0.717) is 22.8 Å².